The fourth-order valence-electron chi connectivity index (χ4n) is 3.02. The average molecular weight is 234 g/mol. The van der Waals surface area contributed by atoms with Crippen molar-refractivity contribution in [2.45, 2.75) is 65.6 Å². The van der Waals surface area contributed by atoms with Crippen LogP contribution in [0.25, 0.3) is 0 Å². The summed E-state index contributed by atoms with van der Waals surface area (Å²) in [5, 5.41) is 3.77. The summed E-state index contributed by atoms with van der Waals surface area (Å²) in [6.45, 7) is 9.09. The molecule has 1 N–H and O–H groups in total. The third kappa shape index (κ3) is 2.92. The summed E-state index contributed by atoms with van der Waals surface area (Å²) in [4.78, 5) is 0. The Bertz CT molecular complexity index is 352. The van der Waals surface area contributed by atoms with E-state index in [2.05, 4.69) is 49.0 Å². The first kappa shape index (κ1) is 12.7. The van der Waals surface area contributed by atoms with Crippen LogP contribution in [0.2, 0.25) is 0 Å². The molecule has 0 amide bonds. The molecule has 0 spiro atoms. The molecule has 0 radical (unpaired) electrons. The van der Waals surface area contributed by atoms with Gasteiger partial charge in [0.15, 0.2) is 0 Å². The maximum absolute atomic E-state index is 3.77. The molecule has 1 aliphatic carbocycles. The lowest BCUT2D eigenvalue weighted by Gasteiger charge is -2.39. The second kappa shape index (κ2) is 5.26. The summed E-state index contributed by atoms with van der Waals surface area (Å²) in [7, 11) is 0. The van der Waals surface area contributed by atoms with Gasteiger partial charge in [0.1, 0.15) is 0 Å². The molecule has 96 valence electrons. The molecule has 0 saturated heterocycles. The first-order valence-electron chi connectivity index (χ1n) is 7.01. The normalized spacial score (nSPS) is 23.8. The van der Waals surface area contributed by atoms with Crippen LogP contribution in [0.3, 0.4) is 0 Å². The Morgan fingerprint density at radius 1 is 1.41 bits per heavy atom. The van der Waals surface area contributed by atoms with E-state index in [1.54, 1.807) is 0 Å². The minimum absolute atomic E-state index is 0.460. The van der Waals surface area contributed by atoms with Gasteiger partial charge >= 0.3 is 0 Å². The van der Waals surface area contributed by atoms with Gasteiger partial charge in [0.25, 0.3) is 0 Å². The second-order valence-corrected chi connectivity index (χ2v) is 5.95. The quantitative estimate of drug-likeness (QED) is 0.843. The maximum Gasteiger partial charge on any atom is 0.0361 e. The SMILES string of the molecule is CCn1cccc1CNC1CCCCC1(C)C. The zero-order valence-electron chi connectivity index (χ0n) is 11.5. The van der Waals surface area contributed by atoms with E-state index in [1.807, 2.05) is 0 Å². The van der Waals surface area contributed by atoms with Gasteiger partial charge in [-0.05, 0) is 37.3 Å². The molecule has 0 aliphatic heterocycles. The monoisotopic (exact) mass is 234 g/mol. The van der Waals surface area contributed by atoms with Gasteiger partial charge in [0.05, 0.1) is 0 Å². The first-order chi connectivity index (χ1) is 8.13. The highest BCUT2D eigenvalue weighted by molar-refractivity contribution is 5.07. The van der Waals surface area contributed by atoms with E-state index in [-0.39, 0.29) is 0 Å². The van der Waals surface area contributed by atoms with Crippen LogP contribution in [-0.4, -0.2) is 10.6 Å². The molecule has 2 heteroatoms. The van der Waals surface area contributed by atoms with Crippen molar-refractivity contribution in [2.24, 2.45) is 5.41 Å². The lowest BCUT2D eigenvalue weighted by atomic mass is 9.73. The predicted octanol–water partition coefficient (Wildman–Crippen LogP) is 3.57. The Balaban J connectivity index is 1.93. The Hall–Kier alpha value is -0.760. The largest absolute Gasteiger partial charge is 0.351 e. The predicted molar refractivity (Wildman–Crippen MR) is 73.0 cm³/mol. The van der Waals surface area contributed by atoms with Crippen LogP contribution in [0.1, 0.15) is 52.1 Å². The van der Waals surface area contributed by atoms with Crippen molar-refractivity contribution in [3.05, 3.63) is 24.0 Å². The third-order valence-corrected chi connectivity index (χ3v) is 4.30. The molecule has 1 aromatic rings. The van der Waals surface area contributed by atoms with Crippen LogP contribution in [0.4, 0.5) is 0 Å². The maximum atomic E-state index is 3.77. The molecule has 17 heavy (non-hydrogen) atoms. The van der Waals surface area contributed by atoms with Crippen LogP contribution in [-0.2, 0) is 13.1 Å². The van der Waals surface area contributed by atoms with Crippen molar-refractivity contribution in [3.63, 3.8) is 0 Å². The molecular formula is C15H26N2. The number of hydrogen-bond acceptors (Lipinski definition) is 1. The van der Waals surface area contributed by atoms with Gasteiger partial charge in [0, 0.05) is 31.0 Å². The van der Waals surface area contributed by atoms with Crippen molar-refractivity contribution in [3.8, 4) is 0 Å². The number of rotatable bonds is 4. The summed E-state index contributed by atoms with van der Waals surface area (Å²) < 4.78 is 2.32. The second-order valence-electron chi connectivity index (χ2n) is 5.95. The smallest absolute Gasteiger partial charge is 0.0361 e. The van der Waals surface area contributed by atoms with E-state index in [9.17, 15) is 0 Å². The van der Waals surface area contributed by atoms with Crippen molar-refractivity contribution < 1.29 is 0 Å². The summed E-state index contributed by atoms with van der Waals surface area (Å²) in [6.07, 6.45) is 7.65. The molecule has 0 aromatic carbocycles. The highest BCUT2D eigenvalue weighted by Gasteiger charge is 2.31. The third-order valence-electron chi connectivity index (χ3n) is 4.30. The summed E-state index contributed by atoms with van der Waals surface area (Å²) in [6, 6.07) is 5.05. The molecule has 1 saturated carbocycles. The molecular weight excluding hydrogens is 208 g/mol. The number of nitrogens with one attached hydrogen (secondary N) is 1. The van der Waals surface area contributed by atoms with Crippen LogP contribution >= 0.6 is 0 Å². The van der Waals surface area contributed by atoms with Crippen molar-refractivity contribution in [2.75, 3.05) is 0 Å². The lowest BCUT2D eigenvalue weighted by Crippen LogP contribution is -2.43. The van der Waals surface area contributed by atoms with Crippen LogP contribution < -0.4 is 5.32 Å². The number of aryl methyl sites for hydroxylation is 1. The fourth-order valence-corrected chi connectivity index (χ4v) is 3.02. The van der Waals surface area contributed by atoms with Crippen LogP contribution in [0.15, 0.2) is 18.3 Å². The first-order valence-corrected chi connectivity index (χ1v) is 7.01. The summed E-state index contributed by atoms with van der Waals surface area (Å²) >= 11 is 0. The van der Waals surface area contributed by atoms with Gasteiger partial charge in [0.2, 0.25) is 0 Å². The molecule has 1 fully saturated rings. The van der Waals surface area contributed by atoms with E-state index >= 15 is 0 Å². The van der Waals surface area contributed by atoms with Crippen LogP contribution in [0, 0.1) is 5.41 Å². The van der Waals surface area contributed by atoms with E-state index in [4.69, 9.17) is 0 Å². The molecule has 0 bridgehead atoms. The molecule has 1 unspecified atom stereocenters. The van der Waals surface area contributed by atoms with E-state index in [0.29, 0.717) is 11.5 Å². The van der Waals surface area contributed by atoms with Gasteiger partial charge < -0.3 is 9.88 Å². The van der Waals surface area contributed by atoms with E-state index < -0.39 is 0 Å². The number of nitrogens with zero attached hydrogens (tertiary/aromatic N) is 1. The fraction of sp³-hybridized carbons (Fsp3) is 0.733. The molecule has 2 nitrogen and oxygen atoms in total. The minimum Gasteiger partial charge on any atom is -0.351 e. The standard InChI is InChI=1S/C15H26N2/c1-4-17-11-7-8-13(17)12-16-14-9-5-6-10-15(14,2)3/h7-8,11,14,16H,4-6,9-10,12H2,1-3H3. The molecule has 1 heterocycles. The zero-order chi connectivity index (χ0) is 12.3. The van der Waals surface area contributed by atoms with E-state index in [0.717, 1.165) is 13.1 Å². The highest BCUT2D eigenvalue weighted by atomic mass is 15.0. The Labute approximate surface area is 105 Å². The van der Waals surface area contributed by atoms with Gasteiger partial charge in [-0.1, -0.05) is 26.7 Å². The zero-order valence-corrected chi connectivity index (χ0v) is 11.5. The molecule has 1 atom stereocenters. The summed E-state index contributed by atoms with van der Waals surface area (Å²) in [5.41, 5.74) is 1.87. The van der Waals surface area contributed by atoms with Crippen molar-refractivity contribution >= 4 is 0 Å². The topological polar surface area (TPSA) is 17.0 Å². The lowest BCUT2D eigenvalue weighted by molar-refractivity contribution is 0.166. The van der Waals surface area contributed by atoms with Gasteiger partial charge in [-0.2, -0.15) is 0 Å². The van der Waals surface area contributed by atoms with Crippen molar-refractivity contribution in [1.29, 1.82) is 0 Å². The Kier molecular flexibility index (Phi) is 3.93. The molecule has 1 aliphatic rings. The Morgan fingerprint density at radius 2 is 2.24 bits per heavy atom. The van der Waals surface area contributed by atoms with Crippen molar-refractivity contribution in [1.82, 2.24) is 9.88 Å². The summed E-state index contributed by atoms with van der Waals surface area (Å²) in [5.74, 6) is 0. The van der Waals surface area contributed by atoms with Gasteiger partial charge in [-0.15, -0.1) is 0 Å². The average Bonchev–Trinajstić information content (AvgIpc) is 2.74. The minimum atomic E-state index is 0.460. The number of hydrogen-bond donors (Lipinski definition) is 1. The molecule has 1 aromatic heterocycles. The molecule has 2 rings (SSSR count). The Morgan fingerprint density at radius 3 is 2.94 bits per heavy atom. The van der Waals surface area contributed by atoms with Gasteiger partial charge in [-0.25, -0.2) is 0 Å². The highest BCUT2D eigenvalue weighted by Crippen LogP contribution is 2.35. The van der Waals surface area contributed by atoms with Gasteiger partial charge in [-0.3, -0.25) is 0 Å². The van der Waals surface area contributed by atoms with E-state index in [1.165, 1.54) is 31.4 Å². The number of aromatic nitrogens is 1. The van der Waals surface area contributed by atoms with Crippen LogP contribution in [0.5, 0.6) is 0 Å².